The number of rotatable bonds is 5. The first-order valence-corrected chi connectivity index (χ1v) is 7.59. The molecule has 21 heavy (non-hydrogen) atoms. The quantitative estimate of drug-likeness (QED) is 0.873. The van der Waals surface area contributed by atoms with Gasteiger partial charge in [-0.2, -0.15) is 5.10 Å². The minimum atomic E-state index is 0.113. The van der Waals surface area contributed by atoms with Gasteiger partial charge in [0, 0.05) is 25.3 Å². The monoisotopic (exact) mass is 294 g/mol. The molecule has 1 fully saturated rings. The zero-order valence-corrected chi connectivity index (χ0v) is 13.4. The van der Waals surface area contributed by atoms with Crippen LogP contribution in [-0.2, 0) is 16.1 Å². The average molecular weight is 294 g/mol. The molecule has 118 valence electrons. The summed E-state index contributed by atoms with van der Waals surface area (Å²) in [6.07, 6.45) is 4.07. The van der Waals surface area contributed by atoms with Gasteiger partial charge in [-0.15, -0.1) is 0 Å². The van der Waals surface area contributed by atoms with Crippen molar-refractivity contribution < 1.29 is 9.53 Å². The van der Waals surface area contributed by atoms with Crippen molar-refractivity contribution in [2.75, 3.05) is 19.6 Å². The first-order valence-electron chi connectivity index (χ1n) is 7.59. The molecule has 1 N–H and O–H groups in total. The van der Waals surface area contributed by atoms with Crippen LogP contribution in [0.5, 0.6) is 0 Å². The fourth-order valence-electron chi connectivity index (χ4n) is 2.67. The molecule has 0 saturated carbocycles. The van der Waals surface area contributed by atoms with Crippen molar-refractivity contribution in [3.05, 3.63) is 18.0 Å². The Morgan fingerprint density at radius 2 is 2.14 bits per heavy atom. The molecule has 1 aliphatic rings. The van der Waals surface area contributed by atoms with E-state index in [4.69, 9.17) is 4.74 Å². The van der Waals surface area contributed by atoms with Gasteiger partial charge in [0.15, 0.2) is 0 Å². The summed E-state index contributed by atoms with van der Waals surface area (Å²) < 4.78 is 7.55. The largest absolute Gasteiger partial charge is 0.372 e. The number of aromatic nitrogens is 2. The van der Waals surface area contributed by atoms with Crippen LogP contribution in [0.15, 0.2) is 12.4 Å². The summed E-state index contributed by atoms with van der Waals surface area (Å²) >= 11 is 0. The lowest BCUT2D eigenvalue weighted by Crippen LogP contribution is -2.51. The number of carbonyl (C=O) groups is 1. The number of nitrogens with zero attached hydrogens (tertiary/aromatic N) is 3. The number of nitrogens with one attached hydrogen (secondary N) is 1. The summed E-state index contributed by atoms with van der Waals surface area (Å²) in [5, 5.41) is 7.53. The minimum absolute atomic E-state index is 0.113. The fourth-order valence-corrected chi connectivity index (χ4v) is 2.67. The molecule has 2 heterocycles. The van der Waals surface area contributed by atoms with E-state index in [0.29, 0.717) is 19.6 Å². The second kappa shape index (κ2) is 7.04. The average Bonchev–Trinajstić information content (AvgIpc) is 2.80. The molecule has 6 nitrogen and oxygen atoms in total. The van der Waals surface area contributed by atoms with Crippen LogP contribution in [0.3, 0.4) is 0 Å². The van der Waals surface area contributed by atoms with Gasteiger partial charge in [0.05, 0.1) is 31.5 Å². The number of ether oxygens (including phenoxy) is 1. The second-order valence-corrected chi connectivity index (χ2v) is 6.08. The molecule has 1 aromatic rings. The Morgan fingerprint density at radius 3 is 2.71 bits per heavy atom. The molecule has 2 rings (SSSR count). The lowest BCUT2D eigenvalue weighted by molar-refractivity contribution is -0.142. The van der Waals surface area contributed by atoms with Gasteiger partial charge < -0.3 is 15.0 Å². The number of aryl methyl sites for hydroxylation is 1. The molecule has 1 aliphatic heterocycles. The first-order chi connectivity index (χ1) is 9.94. The van der Waals surface area contributed by atoms with E-state index in [1.165, 1.54) is 0 Å². The summed E-state index contributed by atoms with van der Waals surface area (Å²) in [6, 6.07) is 0.198. The lowest BCUT2D eigenvalue weighted by atomic mass is 10.2. The fraction of sp³-hybridized carbons (Fsp3) is 0.733. The predicted octanol–water partition coefficient (Wildman–Crippen LogP) is 0.805. The molecule has 0 spiro atoms. The van der Waals surface area contributed by atoms with Crippen molar-refractivity contribution >= 4 is 5.91 Å². The van der Waals surface area contributed by atoms with E-state index in [0.717, 1.165) is 12.1 Å². The van der Waals surface area contributed by atoms with Gasteiger partial charge in [-0.1, -0.05) is 0 Å². The van der Waals surface area contributed by atoms with Crippen molar-refractivity contribution in [1.29, 1.82) is 0 Å². The van der Waals surface area contributed by atoms with E-state index in [2.05, 4.69) is 17.3 Å². The van der Waals surface area contributed by atoms with Gasteiger partial charge in [-0.25, -0.2) is 0 Å². The minimum Gasteiger partial charge on any atom is -0.372 e. The maximum atomic E-state index is 12.2. The van der Waals surface area contributed by atoms with Crippen molar-refractivity contribution in [1.82, 2.24) is 20.0 Å². The summed E-state index contributed by atoms with van der Waals surface area (Å²) in [4.78, 5) is 14.1. The molecule has 0 aromatic carbocycles. The number of carbonyl (C=O) groups excluding carboxylic acids is 1. The van der Waals surface area contributed by atoms with E-state index in [1.54, 1.807) is 0 Å². The van der Waals surface area contributed by atoms with Crippen LogP contribution < -0.4 is 5.32 Å². The second-order valence-electron chi connectivity index (χ2n) is 6.08. The Morgan fingerprint density at radius 1 is 1.48 bits per heavy atom. The Bertz CT molecular complexity index is 464. The zero-order valence-electron chi connectivity index (χ0n) is 13.4. The molecule has 1 saturated heterocycles. The van der Waals surface area contributed by atoms with Gasteiger partial charge in [-0.05, 0) is 33.3 Å². The molecule has 3 atom stereocenters. The molecular weight excluding hydrogens is 268 g/mol. The molecule has 0 bridgehead atoms. The van der Waals surface area contributed by atoms with Crippen LogP contribution in [0.4, 0.5) is 0 Å². The number of morpholine rings is 1. The van der Waals surface area contributed by atoms with E-state index in [-0.39, 0.29) is 24.2 Å². The van der Waals surface area contributed by atoms with Crippen LogP contribution in [0, 0.1) is 6.92 Å². The van der Waals surface area contributed by atoms with Crippen LogP contribution >= 0.6 is 0 Å². The number of hydrogen-bond acceptors (Lipinski definition) is 4. The van der Waals surface area contributed by atoms with Crippen LogP contribution in [0.2, 0.25) is 0 Å². The van der Waals surface area contributed by atoms with Crippen molar-refractivity contribution in [3.63, 3.8) is 0 Å². The standard InChI is InChI=1S/C15H26N4O2/c1-11-5-17-19(7-11)8-12(2)16-6-15(20)18-9-13(3)21-14(4)10-18/h5,7,12-14,16H,6,8-10H2,1-4H3/t12-,13-,14+/m1/s1. The predicted molar refractivity (Wildman–Crippen MR) is 81.0 cm³/mol. The number of amides is 1. The zero-order chi connectivity index (χ0) is 15.4. The van der Waals surface area contributed by atoms with Gasteiger partial charge in [0.2, 0.25) is 5.91 Å². The normalized spacial score (nSPS) is 24.1. The highest BCUT2D eigenvalue weighted by Crippen LogP contribution is 2.10. The Labute approximate surface area is 126 Å². The van der Waals surface area contributed by atoms with Crippen molar-refractivity contribution in [2.45, 2.75) is 52.5 Å². The smallest absolute Gasteiger partial charge is 0.236 e. The highest BCUT2D eigenvalue weighted by atomic mass is 16.5. The highest BCUT2D eigenvalue weighted by Gasteiger charge is 2.25. The first kappa shape index (κ1) is 16.0. The van der Waals surface area contributed by atoms with Crippen molar-refractivity contribution in [2.24, 2.45) is 0 Å². The van der Waals surface area contributed by atoms with E-state index >= 15 is 0 Å². The topological polar surface area (TPSA) is 59.4 Å². The van der Waals surface area contributed by atoms with E-state index in [9.17, 15) is 4.79 Å². The lowest BCUT2D eigenvalue weighted by Gasteiger charge is -2.35. The van der Waals surface area contributed by atoms with Crippen molar-refractivity contribution in [3.8, 4) is 0 Å². The molecule has 1 amide bonds. The molecule has 0 radical (unpaired) electrons. The maximum absolute atomic E-state index is 12.2. The Balaban J connectivity index is 1.75. The third kappa shape index (κ3) is 4.82. The Hall–Kier alpha value is -1.40. The summed E-state index contributed by atoms with van der Waals surface area (Å²) in [6.45, 7) is 10.6. The van der Waals surface area contributed by atoms with Gasteiger partial charge in [-0.3, -0.25) is 9.48 Å². The van der Waals surface area contributed by atoms with Gasteiger partial charge in [0.1, 0.15) is 0 Å². The van der Waals surface area contributed by atoms with Crippen LogP contribution in [0.25, 0.3) is 0 Å². The van der Waals surface area contributed by atoms with Gasteiger partial charge >= 0.3 is 0 Å². The molecular formula is C15H26N4O2. The SMILES string of the molecule is Cc1cnn(C[C@@H](C)NCC(=O)N2C[C@@H](C)O[C@@H](C)C2)c1. The molecule has 0 unspecified atom stereocenters. The summed E-state index contributed by atoms with van der Waals surface area (Å²) in [5.41, 5.74) is 1.15. The maximum Gasteiger partial charge on any atom is 0.236 e. The van der Waals surface area contributed by atoms with Crippen LogP contribution in [-0.4, -0.2) is 58.5 Å². The van der Waals surface area contributed by atoms with E-state index < -0.39 is 0 Å². The third-order valence-corrected chi connectivity index (χ3v) is 3.60. The summed E-state index contributed by atoms with van der Waals surface area (Å²) in [5.74, 6) is 0.139. The molecule has 6 heteroatoms. The van der Waals surface area contributed by atoms with E-state index in [1.807, 2.05) is 42.7 Å². The van der Waals surface area contributed by atoms with Crippen LogP contribution in [0.1, 0.15) is 26.3 Å². The van der Waals surface area contributed by atoms with Gasteiger partial charge in [0.25, 0.3) is 0 Å². The molecule has 1 aromatic heterocycles. The third-order valence-electron chi connectivity index (χ3n) is 3.60. The summed E-state index contributed by atoms with van der Waals surface area (Å²) in [7, 11) is 0. The highest BCUT2D eigenvalue weighted by molar-refractivity contribution is 5.78. The molecule has 0 aliphatic carbocycles. The number of hydrogen-bond donors (Lipinski definition) is 1. The Kier molecular flexibility index (Phi) is 5.36.